The van der Waals surface area contributed by atoms with Gasteiger partial charge in [-0.15, -0.1) is 0 Å². The summed E-state index contributed by atoms with van der Waals surface area (Å²) in [6.07, 6.45) is 2.85. The van der Waals surface area contributed by atoms with Gasteiger partial charge in [0.15, 0.2) is 0 Å². The summed E-state index contributed by atoms with van der Waals surface area (Å²) in [5.74, 6) is 2.33. The topological polar surface area (TPSA) is 163 Å². The zero-order valence-corrected chi connectivity index (χ0v) is 15.3. The Morgan fingerprint density at radius 1 is 1.21 bits per heavy atom. The number of benzene rings is 1. The van der Waals surface area contributed by atoms with Gasteiger partial charge in [0.2, 0.25) is 0 Å². The van der Waals surface area contributed by atoms with Crippen LogP contribution in [0.5, 0.6) is 0 Å². The average molecular weight is 394 g/mol. The van der Waals surface area contributed by atoms with E-state index in [1.54, 1.807) is 11.5 Å². The Hall–Kier alpha value is -3.05. The van der Waals surface area contributed by atoms with Gasteiger partial charge in [-0.1, -0.05) is 6.07 Å². The molecule has 2 rings (SSSR count). The number of anilines is 1. The summed E-state index contributed by atoms with van der Waals surface area (Å²) in [6.45, 7) is -0.0952. The minimum atomic E-state index is -1.11. The summed E-state index contributed by atoms with van der Waals surface area (Å²) in [4.78, 5) is 44.7. The summed E-state index contributed by atoms with van der Waals surface area (Å²) >= 11 is 0. The minimum absolute atomic E-state index is 0.0568. The Balaban J connectivity index is 2.04. The lowest BCUT2D eigenvalue weighted by molar-refractivity contribution is -0.384. The third kappa shape index (κ3) is 5.47. The van der Waals surface area contributed by atoms with Gasteiger partial charge in [0.05, 0.1) is 18.1 Å². The number of rotatable bonds is 6. The van der Waals surface area contributed by atoms with Gasteiger partial charge in [0.25, 0.3) is 5.69 Å². The second kappa shape index (κ2) is 9.76. The third-order valence-electron chi connectivity index (χ3n) is 4.61. The Kier molecular flexibility index (Phi) is 7.41. The number of esters is 1. The van der Waals surface area contributed by atoms with E-state index in [9.17, 15) is 24.5 Å². The van der Waals surface area contributed by atoms with E-state index >= 15 is 0 Å². The van der Waals surface area contributed by atoms with Crippen LogP contribution in [0.25, 0.3) is 0 Å². The van der Waals surface area contributed by atoms with Gasteiger partial charge in [-0.3, -0.25) is 25.1 Å². The van der Waals surface area contributed by atoms with Crippen LogP contribution >= 0.6 is 0 Å². The molecule has 11 nitrogen and oxygen atoms in total. The second-order valence-electron chi connectivity index (χ2n) is 6.32. The van der Waals surface area contributed by atoms with Crippen LogP contribution in [0.15, 0.2) is 18.2 Å². The van der Waals surface area contributed by atoms with E-state index in [1.165, 1.54) is 19.2 Å². The molecule has 0 aliphatic heterocycles. The first kappa shape index (κ1) is 21.3. The maximum Gasteiger partial charge on any atom is 0.331 e. The molecule has 1 saturated carbocycles. The molecule has 1 aliphatic carbocycles. The molecular weight excluding hydrogens is 372 g/mol. The monoisotopic (exact) mass is 394 g/mol. The fraction of sp³-hybridized carbons (Fsp3) is 0.471. The van der Waals surface area contributed by atoms with E-state index < -0.39 is 22.7 Å². The standard InChI is InChI=1S/C17H22N4O7/c1-27-15(22)9-28-12-5-2-10(3-6-12)11-4-7-13(14(8-11)21(25)26)19-16(23)17(24)20-18/h4,7-8,10,12H,2-3,5-6,9,18H2,1H3,(H,19,23)(H,20,24)/t10-,12-. The van der Waals surface area contributed by atoms with Crippen molar-refractivity contribution < 1.29 is 28.8 Å². The van der Waals surface area contributed by atoms with Gasteiger partial charge in [-0.2, -0.15) is 0 Å². The number of nitrogens with zero attached hydrogens (tertiary/aromatic N) is 1. The van der Waals surface area contributed by atoms with Gasteiger partial charge < -0.3 is 14.8 Å². The average Bonchev–Trinajstić information content (AvgIpc) is 2.71. The number of hydrazine groups is 1. The van der Waals surface area contributed by atoms with Gasteiger partial charge in [-0.25, -0.2) is 10.6 Å². The quantitative estimate of drug-likeness (QED) is 0.159. The molecule has 0 aromatic heterocycles. The largest absolute Gasteiger partial charge is 0.467 e. The van der Waals surface area contributed by atoms with Crippen LogP contribution in [0, 0.1) is 10.1 Å². The summed E-state index contributed by atoms with van der Waals surface area (Å²) in [6, 6.07) is 4.48. The fourth-order valence-corrected chi connectivity index (χ4v) is 3.11. The maximum absolute atomic E-state index is 11.6. The predicted octanol–water partition coefficient (Wildman–Crippen LogP) is 0.739. The highest BCUT2D eigenvalue weighted by atomic mass is 16.6. The first-order chi connectivity index (χ1) is 13.3. The van der Waals surface area contributed by atoms with Gasteiger partial charge in [0, 0.05) is 6.07 Å². The van der Waals surface area contributed by atoms with E-state index in [0.29, 0.717) is 12.8 Å². The number of carbonyl (C=O) groups is 3. The Morgan fingerprint density at radius 2 is 1.89 bits per heavy atom. The number of ether oxygens (including phenoxy) is 2. The molecule has 1 fully saturated rings. The SMILES string of the molecule is COC(=O)CO[C@H]1CC[C@H](c2ccc(NC(=O)C(=O)NN)c([N+](=O)[O-])c2)CC1. The smallest absolute Gasteiger partial charge is 0.331 e. The van der Waals surface area contributed by atoms with E-state index in [2.05, 4.69) is 10.1 Å². The molecule has 152 valence electrons. The lowest BCUT2D eigenvalue weighted by Gasteiger charge is -2.28. The number of nitrogens with one attached hydrogen (secondary N) is 2. The number of nitro groups is 1. The normalized spacial score (nSPS) is 18.8. The summed E-state index contributed by atoms with van der Waals surface area (Å²) in [7, 11) is 1.30. The molecule has 0 bridgehead atoms. The number of hydrogen-bond acceptors (Lipinski definition) is 8. The first-order valence-corrected chi connectivity index (χ1v) is 8.64. The Labute approximate surface area is 160 Å². The van der Waals surface area contributed by atoms with Crippen LogP contribution in [-0.4, -0.2) is 42.5 Å². The molecule has 0 spiro atoms. The summed E-state index contributed by atoms with van der Waals surface area (Å²) in [5, 5.41) is 13.5. The molecular formula is C17H22N4O7. The molecule has 11 heteroatoms. The van der Waals surface area contributed by atoms with E-state index in [-0.39, 0.29) is 30.0 Å². The molecule has 0 radical (unpaired) electrons. The number of nitrogens with two attached hydrogens (primary N) is 1. The molecule has 28 heavy (non-hydrogen) atoms. The molecule has 1 aromatic rings. The summed E-state index contributed by atoms with van der Waals surface area (Å²) in [5.41, 5.74) is 2.03. The van der Waals surface area contributed by atoms with E-state index in [4.69, 9.17) is 10.6 Å². The van der Waals surface area contributed by atoms with Crippen LogP contribution < -0.4 is 16.6 Å². The van der Waals surface area contributed by atoms with Crippen molar-refractivity contribution in [2.75, 3.05) is 19.0 Å². The van der Waals surface area contributed by atoms with Crippen LogP contribution in [0.3, 0.4) is 0 Å². The number of nitro benzene ring substituents is 1. The van der Waals surface area contributed by atoms with Crippen molar-refractivity contribution in [3.63, 3.8) is 0 Å². The number of carbonyl (C=O) groups excluding carboxylic acids is 3. The highest BCUT2D eigenvalue weighted by Gasteiger charge is 2.26. The van der Waals surface area contributed by atoms with Gasteiger partial charge >= 0.3 is 17.8 Å². The predicted molar refractivity (Wildman–Crippen MR) is 97.0 cm³/mol. The zero-order valence-electron chi connectivity index (χ0n) is 15.3. The number of amides is 2. The van der Waals surface area contributed by atoms with Crippen molar-refractivity contribution in [1.82, 2.24) is 5.43 Å². The van der Waals surface area contributed by atoms with Gasteiger partial charge in [-0.05, 0) is 43.2 Å². The van der Waals surface area contributed by atoms with Crippen molar-refractivity contribution in [2.45, 2.75) is 37.7 Å². The third-order valence-corrected chi connectivity index (χ3v) is 4.61. The summed E-state index contributed by atoms with van der Waals surface area (Å²) < 4.78 is 10.0. The molecule has 0 heterocycles. The van der Waals surface area contributed by atoms with Gasteiger partial charge in [0.1, 0.15) is 12.3 Å². The highest BCUT2D eigenvalue weighted by Crippen LogP contribution is 2.37. The zero-order chi connectivity index (χ0) is 20.7. The lowest BCUT2D eigenvalue weighted by atomic mass is 9.82. The molecule has 0 unspecified atom stereocenters. The van der Waals surface area contributed by atoms with E-state index in [0.717, 1.165) is 18.4 Å². The van der Waals surface area contributed by atoms with Crippen LogP contribution in [0.2, 0.25) is 0 Å². The molecule has 2 amide bonds. The van der Waals surface area contributed by atoms with Crippen molar-refractivity contribution in [2.24, 2.45) is 5.84 Å². The van der Waals surface area contributed by atoms with Crippen LogP contribution in [0.4, 0.5) is 11.4 Å². The fourth-order valence-electron chi connectivity index (χ4n) is 3.11. The molecule has 1 aliphatic rings. The first-order valence-electron chi connectivity index (χ1n) is 8.64. The molecule has 4 N–H and O–H groups in total. The van der Waals surface area contributed by atoms with E-state index in [1.807, 2.05) is 0 Å². The number of hydrogen-bond donors (Lipinski definition) is 3. The van der Waals surface area contributed by atoms with Crippen molar-refractivity contribution >= 4 is 29.2 Å². The Morgan fingerprint density at radius 3 is 2.46 bits per heavy atom. The maximum atomic E-state index is 11.6. The highest BCUT2D eigenvalue weighted by molar-refractivity contribution is 6.39. The van der Waals surface area contributed by atoms with Crippen LogP contribution in [0.1, 0.15) is 37.2 Å². The molecule has 0 atom stereocenters. The number of methoxy groups -OCH3 is 1. The van der Waals surface area contributed by atoms with Crippen molar-refractivity contribution in [3.05, 3.63) is 33.9 Å². The minimum Gasteiger partial charge on any atom is -0.467 e. The Bertz CT molecular complexity index is 760. The molecule has 0 saturated heterocycles. The lowest BCUT2D eigenvalue weighted by Crippen LogP contribution is -2.39. The van der Waals surface area contributed by atoms with Crippen molar-refractivity contribution in [1.29, 1.82) is 0 Å². The molecule has 1 aromatic carbocycles. The van der Waals surface area contributed by atoms with Crippen LogP contribution in [-0.2, 0) is 23.9 Å². The second-order valence-corrected chi connectivity index (χ2v) is 6.32. The van der Waals surface area contributed by atoms with Crippen molar-refractivity contribution in [3.8, 4) is 0 Å².